The van der Waals surface area contributed by atoms with Crippen molar-refractivity contribution < 1.29 is 27.9 Å². The summed E-state index contributed by atoms with van der Waals surface area (Å²) >= 11 is 0.994. The standard InChI is InChI=1S/C36H42N8O6S2/c37-36(38)40-11-3-7-30(35(46)47)41-34(45)33-29(9-17-51-33)42-52(48,49)31-20-28(19-27-8-16-50-32(27)31)26-6-1-4-24(18-26)22-43-12-14-44(15-13-43)23-25-5-2-10-39-21-25/h1-2,4-6,9-10,17-21,30,42H,3,7-8,11-16,22-23H2,(H,41,45)(H,46,47)(H4,37,38,40)/t30-/m0/s1. The predicted molar refractivity (Wildman–Crippen MR) is 200 cm³/mol. The van der Waals surface area contributed by atoms with Crippen LogP contribution in [-0.4, -0.2) is 91.5 Å². The summed E-state index contributed by atoms with van der Waals surface area (Å²) in [5.74, 6) is -1.78. The van der Waals surface area contributed by atoms with Gasteiger partial charge < -0.3 is 26.6 Å². The molecule has 4 aromatic rings. The number of aliphatic carboxylic acids is 1. The van der Waals surface area contributed by atoms with Crippen LogP contribution in [0.5, 0.6) is 5.75 Å². The minimum Gasteiger partial charge on any atom is -0.492 e. The Hall–Kier alpha value is -5.03. The zero-order chi connectivity index (χ0) is 36.7. The van der Waals surface area contributed by atoms with Crippen molar-refractivity contribution in [2.75, 3.05) is 44.1 Å². The number of anilines is 1. The number of carboxylic acid groups (broad SMARTS) is 1. The van der Waals surface area contributed by atoms with Crippen molar-refractivity contribution in [3.63, 3.8) is 0 Å². The molecule has 14 nitrogen and oxygen atoms in total. The molecule has 16 heteroatoms. The van der Waals surface area contributed by atoms with Crippen LogP contribution in [0.25, 0.3) is 11.1 Å². The maximum absolute atomic E-state index is 14.0. The number of aromatic nitrogens is 1. The van der Waals surface area contributed by atoms with Gasteiger partial charge in [0, 0.05) is 64.6 Å². The van der Waals surface area contributed by atoms with E-state index in [9.17, 15) is 23.1 Å². The largest absolute Gasteiger partial charge is 0.492 e. The van der Waals surface area contributed by atoms with Crippen LogP contribution in [0.15, 0.2) is 82.3 Å². The first-order chi connectivity index (χ1) is 25.1. The number of carbonyl (C=O) groups is 2. The number of carboxylic acids is 1. The van der Waals surface area contributed by atoms with Crippen molar-refractivity contribution in [2.24, 2.45) is 16.5 Å². The van der Waals surface area contributed by atoms with Crippen molar-refractivity contribution in [1.82, 2.24) is 20.1 Å². The van der Waals surface area contributed by atoms with Crippen LogP contribution < -0.4 is 26.2 Å². The Morgan fingerprint density at radius 3 is 2.46 bits per heavy atom. The quantitative estimate of drug-likeness (QED) is 0.0679. The SMILES string of the molecule is NC(N)=NCCC[C@H](NC(=O)c1sccc1NS(=O)(=O)c1cc(-c2cccc(CN3CCN(Cc4cccnc4)CC3)c2)cc2c1OCC2)C(=O)O. The van der Waals surface area contributed by atoms with Crippen LogP contribution in [-0.2, 0) is 34.3 Å². The summed E-state index contributed by atoms with van der Waals surface area (Å²) in [7, 11) is -4.25. The zero-order valence-corrected chi connectivity index (χ0v) is 30.2. The number of nitrogens with one attached hydrogen (secondary N) is 2. The van der Waals surface area contributed by atoms with Gasteiger partial charge in [-0.2, -0.15) is 0 Å². The summed E-state index contributed by atoms with van der Waals surface area (Å²) in [6, 6.07) is 16.0. The van der Waals surface area contributed by atoms with Crippen molar-refractivity contribution in [1.29, 1.82) is 0 Å². The molecule has 0 radical (unpaired) electrons. The summed E-state index contributed by atoms with van der Waals surface area (Å²) in [6.07, 6.45) is 4.64. The molecule has 52 heavy (non-hydrogen) atoms. The van der Waals surface area contributed by atoms with Crippen molar-refractivity contribution >= 4 is 44.9 Å². The third-order valence-electron chi connectivity index (χ3n) is 8.96. The number of amides is 1. The van der Waals surface area contributed by atoms with E-state index in [1.807, 2.05) is 30.5 Å². The summed E-state index contributed by atoms with van der Waals surface area (Å²) in [6.45, 7) is 6.00. The minimum atomic E-state index is -4.25. The Bertz CT molecular complexity index is 2030. The van der Waals surface area contributed by atoms with Gasteiger partial charge in [0.2, 0.25) is 0 Å². The third kappa shape index (κ3) is 9.25. The van der Waals surface area contributed by atoms with Gasteiger partial charge in [-0.25, -0.2) is 13.2 Å². The number of thiophene rings is 1. The summed E-state index contributed by atoms with van der Waals surface area (Å²) in [5.41, 5.74) is 15.4. The highest BCUT2D eigenvalue weighted by molar-refractivity contribution is 7.92. The van der Waals surface area contributed by atoms with Crippen LogP contribution in [0.1, 0.15) is 39.2 Å². The molecular weight excluding hydrogens is 705 g/mol. The molecule has 7 N–H and O–H groups in total. The van der Waals surface area contributed by atoms with Crippen LogP contribution in [0.2, 0.25) is 0 Å². The van der Waals surface area contributed by atoms with Crippen molar-refractivity contribution in [3.05, 3.63) is 93.9 Å². The van der Waals surface area contributed by atoms with E-state index in [4.69, 9.17) is 16.2 Å². The van der Waals surface area contributed by atoms with Gasteiger partial charge in [-0.05, 0) is 76.4 Å². The molecular formula is C36H42N8O6S2. The van der Waals surface area contributed by atoms with Gasteiger partial charge in [-0.15, -0.1) is 11.3 Å². The molecule has 0 unspecified atom stereocenters. The van der Waals surface area contributed by atoms with Crippen LogP contribution in [0, 0.1) is 0 Å². The molecule has 1 atom stereocenters. The highest BCUT2D eigenvalue weighted by Crippen LogP contribution is 2.39. The molecule has 274 valence electrons. The number of hydrogen-bond donors (Lipinski definition) is 5. The number of rotatable bonds is 15. The first-order valence-corrected chi connectivity index (χ1v) is 19.3. The average Bonchev–Trinajstić information content (AvgIpc) is 3.80. The number of sulfonamides is 1. The molecule has 0 bridgehead atoms. The molecule has 0 spiro atoms. The smallest absolute Gasteiger partial charge is 0.326 e. The topological polar surface area (TPSA) is 206 Å². The first kappa shape index (κ1) is 36.8. The number of carbonyl (C=O) groups excluding carboxylic acids is 1. The number of aliphatic imine (C=N–C) groups is 1. The van der Waals surface area contributed by atoms with E-state index in [-0.39, 0.29) is 40.1 Å². The van der Waals surface area contributed by atoms with E-state index >= 15 is 0 Å². The van der Waals surface area contributed by atoms with Gasteiger partial charge in [-0.3, -0.25) is 29.3 Å². The number of hydrogen-bond acceptors (Lipinski definition) is 10. The molecule has 6 rings (SSSR count). The number of guanidine groups is 1. The lowest BCUT2D eigenvalue weighted by molar-refractivity contribution is -0.139. The van der Waals surface area contributed by atoms with E-state index < -0.39 is 27.9 Å². The fourth-order valence-electron chi connectivity index (χ4n) is 6.35. The highest BCUT2D eigenvalue weighted by atomic mass is 32.2. The average molecular weight is 747 g/mol. The molecule has 2 aromatic heterocycles. The maximum Gasteiger partial charge on any atom is 0.326 e. The number of benzene rings is 2. The molecule has 1 fully saturated rings. The van der Waals surface area contributed by atoms with E-state index in [0.29, 0.717) is 19.4 Å². The Morgan fingerprint density at radius 1 is 1.00 bits per heavy atom. The fourth-order valence-corrected chi connectivity index (χ4v) is 8.45. The van der Waals surface area contributed by atoms with Gasteiger partial charge in [0.15, 0.2) is 5.96 Å². The van der Waals surface area contributed by atoms with Gasteiger partial charge in [0.25, 0.3) is 15.9 Å². The molecule has 4 heterocycles. The third-order valence-corrected chi connectivity index (χ3v) is 11.2. The lowest BCUT2D eigenvalue weighted by Gasteiger charge is -2.34. The van der Waals surface area contributed by atoms with E-state index in [2.05, 4.69) is 48.0 Å². The first-order valence-electron chi connectivity index (χ1n) is 17.0. The van der Waals surface area contributed by atoms with Crippen LogP contribution >= 0.6 is 11.3 Å². The maximum atomic E-state index is 14.0. The van der Waals surface area contributed by atoms with Gasteiger partial charge >= 0.3 is 5.97 Å². The Labute approximate surface area is 306 Å². The summed E-state index contributed by atoms with van der Waals surface area (Å²) in [4.78, 5) is 38.0. The molecule has 2 aliphatic heterocycles. The van der Waals surface area contributed by atoms with Gasteiger partial charge in [0.05, 0.1) is 12.3 Å². The Balaban J connectivity index is 1.15. The lowest BCUT2D eigenvalue weighted by Crippen LogP contribution is -2.45. The Morgan fingerprint density at radius 2 is 1.75 bits per heavy atom. The van der Waals surface area contributed by atoms with Crippen LogP contribution in [0.3, 0.4) is 0 Å². The molecule has 0 aliphatic carbocycles. The van der Waals surface area contributed by atoms with Gasteiger partial charge in [-0.1, -0.05) is 24.3 Å². The molecule has 1 amide bonds. The lowest BCUT2D eigenvalue weighted by atomic mass is 10.00. The van der Waals surface area contributed by atoms with Crippen LogP contribution in [0.4, 0.5) is 5.69 Å². The van der Waals surface area contributed by atoms with E-state index in [0.717, 1.165) is 72.9 Å². The second kappa shape index (κ2) is 16.5. The van der Waals surface area contributed by atoms with Gasteiger partial charge in [0.1, 0.15) is 21.6 Å². The highest BCUT2D eigenvalue weighted by Gasteiger charge is 2.30. The molecule has 2 aromatic carbocycles. The molecule has 1 saturated heterocycles. The summed E-state index contributed by atoms with van der Waals surface area (Å²) < 4.78 is 36.4. The molecule has 0 saturated carbocycles. The number of fused-ring (bicyclic) bond motifs is 1. The van der Waals surface area contributed by atoms with Crippen molar-refractivity contribution in [2.45, 2.75) is 43.3 Å². The number of pyridine rings is 1. The monoisotopic (exact) mass is 746 g/mol. The number of nitrogens with two attached hydrogens (primary N) is 2. The fraction of sp³-hybridized carbons (Fsp3) is 0.333. The van der Waals surface area contributed by atoms with E-state index in [1.54, 1.807) is 17.6 Å². The molecule has 2 aliphatic rings. The second-order valence-corrected chi connectivity index (χ2v) is 15.3. The normalized spacial score (nSPS) is 15.3. The second-order valence-electron chi connectivity index (χ2n) is 12.8. The number of piperazine rings is 1. The van der Waals surface area contributed by atoms with Crippen molar-refractivity contribution in [3.8, 4) is 16.9 Å². The Kier molecular flexibility index (Phi) is 11.7. The summed E-state index contributed by atoms with van der Waals surface area (Å²) in [5, 5.41) is 13.7. The number of nitrogens with zero attached hydrogens (tertiary/aromatic N) is 4. The number of ether oxygens (including phenoxy) is 1. The predicted octanol–water partition coefficient (Wildman–Crippen LogP) is 3.10. The zero-order valence-electron chi connectivity index (χ0n) is 28.5. The van der Waals surface area contributed by atoms with E-state index in [1.165, 1.54) is 11.6 Å². The minimum absolute atomic E-state index is 0.0263.